The molecule has 0 N–H and O–H groups in total. The molecular weight excluding hydrogens is 188 g/mol. The van der Waals surface area contributed by atoms with Gasteiger partial charge in [0.15, 0.2) is 0 Å². The van der Waals surface area contributed by atoms with Crippen LogP contribution in [0.3, 0.4) is 0 Å². The second kappa shape index (κ2) is 6.02. The highest BCUT2D eigenvalue weighted by Crippen LogP contribution is 2.28. The first kappa shape index (κ1) is 11.5. The number of carbonyl (C=O) groups excluding carboxylic acids is 1. The Balaban J connectivity index is 3.10. The van der Waals surface area contributed by atoms with Gasteiger partial charge in [-0.05, 0) is 24.1 Å². The summed E-state index contributed by atoms with van der Waals surface area (Å²) in [5, 5.41) is 0. The number of hydrogen-bond donors (Lipinski definition) is 0. The maximum absolute atomic E-state index is 10.5. The molecule has 0 saturated heterocycles. The molecule has 0 spiro atoms. The Labute approximate surface area is 90.6 Å². The lowest BCUT2D eigenvalue weighted by atomic mass is 10.0. The van der Waals surface area contributed by atoms with Crippen LogP contribution in [0.1, 0.15) is 25.3 Å². The fraction of sp³-hybridized carbons (Fsp3) is 0.308. The van der Waals surface area contributed by atoms with Crippen molar-refractivity contribution in [2.45, 2.75) is 19.8 Å². The summed E-state index contributed by atoms with van der Waals surface area (Å²) in [6.07, 6.45) is 4.34. The van der Waals surface area contributed by atoms with Crippen LogP contribution in [-0.2, 0) is 4.79 Å². The van der Waals surface area contributed by atoms with Crippen LogP contribution in [0.2, 0.25) is 0 Å². The predicted molar refractivity (Wildman–Crippen MR) is 61.9 cm³/mol. The zero-order chi connectivity index (χ0) is 11.1. The lowest BCUT2D eigenvalue weighted by Crippen LogP contribution is -1.91. The third-order valence-corrected chi connectivity index (χ3v) is 2.24. The number of benzene rings is 1. The fourth-order valence-corrected chi connectivity index (χ4v) is 1.57. The summed E-state index contributed by atoms with van der Waals surface area (Å²) in [5.74, 6) is 0.819. The van der Waals surface area contributed by atoms with Crippen LogP contribution in [0.5, 0.6) is 5.75 Å². The number of allylic oxidation sites excluding steroid dienone is 2. The van der Waals surface area contributed by atoms with Crippen molar-refractivity contribution in [3.8, 4) is 5.75 Å². The number of hydrogen-bond acceptors (Lipinski definition) is 2. The second-order valence-corrected chi connectivity index (χ2v) is 3.28. The molecule has 1 aromatic rings. The summed E-state index contributed by atoms with van der Waals surface area (Å²) < 4.78 is 5.26. The van der Waals surface area contributed by atoms with E-state index >= 15 is 0 Å². The molecule has 1 rings (SSSR count). The highest BCUT2D eigenvalue weighted by molar-refractivity contribution is 5.83. The number of methoxy groups -OCH3 is 1. The molecule has 0 aromatic heterocycles. The lowest BCUT2D eigenvalue weighted by Gasteiger charge is -2.10. The molecule has 1 aromatic carbocycles. The van der Waals surface area contributed by atoms with Crippen LogP contribution in [0.4, 0.5) is 0 Å². The van der Waals surface area contributed by atoms with Gasteiger partial charge in [-0.15, -0.1) is 0 Å². The summed E-state index contributed by atoms with van der Waals surface area (Å²) in [6, 6.07) is 7.76. The highest BCUT2D eigenvalue weighted by Gasteiger charge is 2.06. The van der Waals surface area contributed by atoms with E-state index in [0.29, 0.717) is 0 Å². The van der Waals surface area contributed by atoms with Crippen LogP contribution >= 0.6 is 0 Å². The summed E-state index contributed by atoms with van der Waals surface area (Å²) in [6.45, 7) is 2.09. The zero-order valence-corrected chi connectivity index (χ0v) is 9.19. The van der Waals surface area contributed by atoms with Gasteiger partial charge in [-0.3, -0.25) is 4.79 Å². The minimum Gasteiger partial charge on any atom is -0.496 e. The van der Waals surface area contributed by atoms with E-state index in [9.17, 15) is 4.79 Å². The van der Waals surface area contributed by atoms with Gasteiger partial charge < -0.3 is 4.74 Å². The van der Waals surface area contributed by atoms with Crippen LogP contribution in [0, 0.1) is 0 Å². The fourth-order valence-electron chi connectivity index (χ4n) is 1.57. The van der Waals surface area contributed by atoms with Crippen LogP contribution < -0.4 is 4.74 Å². The molecular formula is C13H16O2. The van der Waals surface area contributed by atoms with E-state index in [0.717, 1.165) is 36.0 Å². The molecule has 0 atom stereocenters. The van der Waals surface area contributed by atoms with E-state index < -0.39 is 0 Å². The third kappa shape index (κ3) is 2.94. The van der Waals surface area contributed by atoms with Crippen molar-refractivity contribution in [1.82, 2.24) is 0 Å². The molecule has 0 aliphatic heterocycles. The minimum atomic E-state index is 0.819. The third-order valence-electron chi connectivity index (χ3n) is 2.24. The van der Waals surface area contributed by atoms with Gasteiger partial charge in [-0.25, -0.2) is 0 Å². The summed E-state index contributed by atoms with van der Waals surface area (Å²) >= 11 is 0. The van der Waals surface area contributed by atoms with Gasteiger partial charge in [0.25, 0.3) is 0 Å². The smallest absolute Gasteiger partial charge is 0.143 e. The van der Waals surface area contributed by atoms with Crippen LogP contribution in [0.15, 0.2) is 30.3 Å². The maximum atomic E-state index is 10.5. The first-order chi connectivity index (χ1) is 7.33. The minimum absolute atomic E-state index is 0.819. The Morgan fingerprint density at radius 3 is 2.73 bits per heavy atom. The van der Waals surface area contributed by atoms with Crippen molar-refractivity contribution in [3.05, 3.63) is 35.9 Å². The van der Waals surface area contributed by atoms with Gasteiger partial charge in [0, 0.05) is 5.56 Å². The van der Waals surface area contributed by atoms with Gasteiger partial charge >= 0.3 is 0 Å². The van der Waals surface area contributed by atoms with Crippen LogP contribution in [-0.4, -0.2) is 13.4 Å². The molecule has 0 aliphatic rings. The Hall–Kier alpha value is -1.57. The molecule has 15 heavy (non-hydrogen) atoms. The van der Waals surface area contributed by atoms with Crippen molar-refractivity contribution in [2.75, 3.05) is 7.11 Å². The van der Waals surface area contributed by atoms with E-state index in [1.807, 2.05) is 24.3 Å². The number of ether oxygens (including phenoxy) is 1. The lowest BCUT2D eigenvalue weighted by molar-refractivity contribution is -0.104. The first-order valence-corrected chi connectivity index (χ1v) is 5.11. The molecule has 2 nitrogen and oxygen atoms in total. The normalized spacial score (nSPS) is 11.2. The number of rotatable bonds is 5. The van der Waals surface area contributed by atoms with Crippen molar-refractivity contribution in [2.24, 2.45) is 0 Å². The first-order valence-electron chi connectivity index (χ1n) is 5.11. The van der Waals surface area contributed by atoms with E-state index in [4.69, 9.17) is 4.74 Å². The quantitative estimate of drug-likeness (QED) is 0.544. The number of aldehydes is 1. The molecule has 0 radical (unpaired) electrons. The molecule has 0 bridgehead atoms. The average molecular weight is 204 g/mol. The topological polar surface area (TPSA) is 26.3 Å². The summed E-state index contributed by atoms with van der Waals surface area (Å²) in [7, 11) is 1.64. The predicted octanol–water partition coefficient (Wildman–Crippen LogP) is 3.08. The number of carbonyl (C=O) groups is 1. The van der Waals surface area contributed by atoms with Crippen molar-refractivity contribution < 1.29 is 9.53 Å². The van der Waals surface area contributed by atoms with E-state index in [1.54, 1.807) is 13.2 Å². The van der Waals surface area contributed by atoms with E-state index in [1.165, 1.54) is 0 Å². The molecule has 0 amide bonds. The zero-order valence-electron chi connectivity index (χ0n) is 9.19. The standard InChI is InChI=1S/C13H16O2/c1-3-6-11(9-10-14)12-7-4-5-8-13(12)15-2/h4-5,7-10H,3,6H2,1-2H3/b11-9+. The van der Waals surface area contributed by atoms with Crippen molar-refractivity contribution in [1.29, 1.82) is 0 Å². The van der Waals surface area contributed by atoms with Gasteiger partial charge in [-0.1, -0.05) is 31.5 Å². The molecule has 0 saturated carbocycles. The number of para-hydroxylation sites is 1. The molecule has 0 unspecified atom stereocenters. The average Bonchev–Trinajstić information content (AvgIpc) is 2.29. The second-order valence-electron chi connectivity index (χ2n) is 3.28. The Bertz CT molecular complexity index is 353. The van der Waals surface area contributed by atoms with Gasteiger partial charge in [0.05, 0.1) is 7.11 Å². The summed E-state index contributed by atoms with van der Waals surface area (Å²) in [4.78, 5) is 10.5. The molecule has 2 heteroatoms. The molecule has 0 aliphatic carbocycles. The molecule has 0 heterocycles. The van der Waals surface area contributed by atoms with Gasteiger partial charge in [0.1, 0.15) is 12.0 Å². The Morgan fingerprint density at radius 1 is 1.40 bits per heavy atom. The molecule has 0 fully saturated rings. The van der Waals surface area contributed by atoms with Crippen LogP contribution in [0.25, 0.3) is 5.57 Å². The van der Waals surface area contributed by atoms with Gasteiger partial charge in [0.2, 0.25) is 0 Å². The van der Waals surface area contributed by atoms with E-state index in [2.05, 4.69) is 6.92 Å². The highest BCUT2D eigenvalue weighted by atomic mass is 16.5. The monoisotopic (exact) mass is 204 g/mol. The van der Waals surface area contributed by atoms with Crippen molar-refractivity contribution >= 4 is 11.9 Å². The molecule has 80 valence electrons. The largest absolute Gasteiger partial charge is 0.496 e. The Morgan fingerprint density at radius 2 is 2.13 bits per heavy atom. The van der Waals surface area contributed by atoms with Gasteiger partial charge in [-0.2, -0.15) is 0 Å². The summed E-state index contributed by atoms with van der Waals surface area (Å²) in [5.41, 5.74) is 2.04. The maximum Gasteiger partial charge on any atom is 0.143 e. The van der Waals surface area contributed by atoms with E-state index in [-0.39, 0.29) is 0 Å². The Kier molecular flexibility index (Phi) is 4.61. The van der Waals surface area contributed by atoms with Crippen molar-refractivity contribution in [3.63, 3.8) is 0 Å². The SMILES string of the molecule is CCC/C(=C\C=O)c1ccccc1OC.